The maximum Gasteiger partial charge on any atom is 0.0180 e. The molecule has 2 saturated carbocycles. The van der Waals surface area contributed by atoms with E-state index in [1.54, 1.807) is 0 Å². The zero-order valence-electron chi connectivity index (χ0n) is 11.3. The molecule has 2 bridgehead atoms. The highest BCUT2D eigenvalue weighted by Crippen LogP contribution is 2.62. The molecular formula is C14H27N. The molecule has 1 unspecified atom stereocenters. The monoisotopic (exact) mass is 209 g/mol. The Bertz CT molecular complexity index is 256. The predicted octanol–water partition coefficient (Wildman–Crippen LogP) is 3.59. The van der Waals surface area contributed by atoms with Crippen LogP contribution in [0.4, 0.5) is 0 Å². The maximum absolute atomic E-state index is 3.88. The topological polar surface area (TPSA) is 12.0 Å². The van der Waals surface area contributed by atoms with Gasteiger partial charge in [-0.05, 0) is 56.8 Å². The van der Waals surface area contributed by atoms with E-state index >= 15 is 0 Å². The molecule has 1 nitrogen and oxygen atoms in total. The Morgan fingerprint density at radius 1 is 1.13 bits per heavy atom. The molecule has 0 aliphatic heterocycles. The van der Waals surface area contributed by atoms with Crippen LogP contribution in [-0.2, 0) is 0 Å². The molecule has 88 valence electrons. The Morgan fingerprint density at radius 3 is 2.13 bits per heavy atom. The van der Waals surface area contributed by atoms with E-state index in [1.165, 1.54) is 19.3 Å². The SMILES string of the molecule is CC(C)(C)NC1C(C)(C)[C@H]2CC[C@]1(C)C2. The number of hydrogen-bond acceptors (Lipinski definition) is 1. The average Bonchev–Trinajstić information content (AvgIpc) is 2.48. The second kappa shape index (κ2) is 3.00. The van der Waals surface area contributed by atoms with Crippen LogP contribution in [0, 0.1) is 16.7 Å². The molecule has 0 aromatic rings. The lowest BCUT2D eigenvalue weighted by Crippen LogP contribution is -2.56. The zero-order chi connectivity index (χ0) is 11.5. The highest BCUT2D eigenvalue weighted by molar-refractivity contribution is 5.13. The second-order valence-electron chi connectivity index (χ2n) is 7.74. The summed E-state index contributed by atoms with van der Waals surface area (Å²) in [5, 5.41) is 3.88. The van der Waals surface area contributed by atoms with Crippen LogP contribution in [0.25, 0.3) is 0 Å². The third kappa shape index (κ3) is 1.73. The van der Waals surface area contributed by atoms with Crippen molar-refractivity contribution in [3.63, 3.8) is 0 Å². The fourth-order valence-electron chi connectivity index (χ4n) is 4.10. The van der Waals surface area contributed by atoms with Gasteiger partial charge in [0.05, 0.1) is 0 Å². The smallest absolute Gasteiger partial charge is 0.0180 e. The summed E-state index contributed by atoms with van der Waals surface area (Å²) in [5.74, 6) is 0.947. The molecule has 2 rings (SSSR count). The Labute approximate surface area is 95.0 Å². The highest BCUT2D eigenvalue weighted by Gasteiger charge is 2.59. The van der Waals surface area contributed by atoms with Crippen molar-refractivity contribution in [3.8, 4) is 0 Å². The van der Waals surface area contributed by atoms with Crippen molar-refractivity contribution >= 4 is 0 Å². The van der Waals surface area contributed by atoms with E-state index in [0.29, 0.717) is 16.9 Å². The lowest BCUT2D eigenvalue weighted by atomic mass is 9.68. The van der Waals surface area contributed by atoms with Gasteiger partial charge < -0.3 is 5.32 Å². The van der Waals surface area contributed by atoms with Crippen LogP contribution in [0.1, 0.15) is 60.8 Å². The molecule has 0 aromatic carbocycles. The van der Waals surface area contributed by atoms with Crippen LogP contribution in [0.2, 0.25) is 0 Å². The summed E-state index contributed by atoms with van der Waals surface area (Å²) in [6.45, 7) is 14.3. The minimum atomic E-state index is 0.245. The quantitative estimate of drug-likeness (QED) is 0.696. The molecule has 0 aromatic heterocycles. The van der Waals surface area contributed by atoms with Gasteiger partial charge in [-0.1, -0.05) is 20.8 Å². The zero-order valence-corrected chi connectivity index (χ0v) is 11.3. The van der Waals surface area contributed by atoms with E-state index in [0.717, 1.165) is 5.92 Å². The van der Waals surface area contributed by atoms with Gasteiger partial charge in [0.25, 0.3) is 0 Å². The Morgan fingerprint density at radius 2 is 1.73 bits per heavy atom. The van der Waals surface area contributed by atoms with E-state index < -0.39 is 0 Å². The van der Waals surface area contributed by atoms with Gasteiger partial charge in [-0.3, -0.25) is 0 Å². The van der Waals surface area contributed by atoms with Gasteiger partial charge in [-0.25, -0.2) is 0 Å². The van der Waals surface area contributed by atoms with E-state index in [9.17, 15) is 0 Å². The molecule has 0 spiro atoms. The van der Waals surface area contributed by atoms with Crippen LogP contribution in [0.5, 0.6) is 0 Å². The highest BCUT2D eigenvalue weighted by atomic mass is 15.0. The molecule has 2 fully saturated rings. The van der Waals surface area contributed by atoms with E-state index in [1.807, 2.05) is 0 Å². The Balaban J connectivity index is 2.23. The van der Waals surface area contributed by atoms with Gasteiger partial charge in [0.15, 0.2) is 0 Å². The first-order valence-corrected chi connectivity index (χ1v) is 6.43. The van der Waals surface area contributed by atoms with Crippen LogP contribution in [-0.4, -0.2) is 11.6 Å². The fourth-order valence-corrected chi connectivity index (χ4v) is 4.10. The van der Waals surface area contributed by atoms with Gasteiger partial charge in [-0.2, -0.15) is 0 Å². The standard InChI is InChI=1S/C14H27N/c1-12(2,3)15-11-13(4,5)10-7-8-14(11,6)9-10/h10-11,15H,7-9H2,1-6H3/t10-,11?,14+/m0/s1. The van der Waals surface area contributed by atoms with Gasteiger partial charge in [0.2, 0.25) is 0 Å². The first kappa shape index (κ1) is 11.4. The van der Waals surface area contributed by atoms with E-state index in [-0.39, 0.29) is 5.54 Å². The molecule has 0 saturated heterocycles. The third-order valence-corrected chi connectivity index (χ3v) is 4.85. The van der Waals surface area contributed by atoms with Gasteiger partial charge in [0, 0.05) is 11.6 Å². The van der Waals surface area contributed by atoms with E-state index in [2.05, 4.69) is 46.9 Å². The lowest BCUT2D eigenvalue weighted by molar-refractivity contribution is 0.0869. The van der Waals surface area contributed by atoms with Crippen molar-refractivity contribution in [1.82, 2.24) is 5.32 Å². The molecule has 3 atom stereocenters. The molecule has 15 heavy (non-hydrogen) atoms. The fraction of sp³-hybridized carbons (Fsp3) is 1.00. The Kier molecular flexibility index (Phi) is 2.29. The summed E-state index contributed by atoms with van der Waals surface area (Å²) in [6, 6.07) is 0.698. The summed E-state index contributed by atoms with van der Waals surface area (Å²) in [5.41, 5.74) is 1.29. The third-order valence-electron chi connectivity index (χ3n) is 4.85. The predicted molar refractivity (Wildman–Crippen MR) is 65.9 cm³/mol. The molecular weight excluding hydrogens is 182 g/mol. The maximum atomic E-state index is 3.88. The van der Waals surface area contributed by atoms with Crippen LogP contribution < -0.4 is 5.32 Å². The van der Waals surface area contributed by atoms with Crippen molar-refractivity contribution in [1.29, 1.82) is 0 Å². The number of hydrogen-bond donors (Lipinski definition) is 1. The molecule has 1 heteroatoms. The van der Waals surface area contributed by atoms with Crippen molar-refractivity contribution in [2.75, 3.05) is 0 Å². The summed E-state index contributed by atoms with van der Waals surface area (Å²) in [6.07, 6.45) is 4.31. The first-order chi connectivity index (χ1) is 6.65. The lowest BCUT2D eigenvalue weighted by Gasteiger charge is -2.46. The van der Waals surface area contributed by atoms with Crippen LogP contribution in [0.3, 0.4) is 0 Å². The summed E-state index contributed by atoms with van der Waals surface area (Å²) < 4.78 is 0. The summed E-state index contributed by atoms with van der Waals surface area (Å²) >= 11 is 0. The number of nitrogens with one attached hydrogen (secondary N) is 1. The normalized spacial score (nSPS) is 43.6. The van der Waals surface area contributed by atoms with Crippen molar-refractivity contribution in [3.05, 3.63) is 0 Å². The Hall–Kier alpha value is -0.0400. The summed E-state index contributed by atoms with van der Waals surface area (Å²) in [7, 11) is 0. The molecule has 2 aliphatic carbocycles. The second-order valence-corrected chi connectivity index (χ2v) is 7.74. The molecule has 1 N–H and O–H groups in total. The first-order valence-electron chi connectivity index (χ1n) is 6.43. The van der Waals surface area contributed by atoms with Gasteiger partial charge in [-0.15, -0.1) is 0 Å². The van der Waals surface area contributed by atoms with Gasteiger partial charge in [0.1, 0.15) is 0 Å². The van der Waals surface area contributed by atoms with E-state index in [4.69, 9.17) is 0 Å². The summed E-state index contributed by atoms with van der Waals surface area (Å²) in [4.78, 5) is 0. The van der Waals surface area contributed by atoms with Crippen molar-refractivity contribution < 1.29 is 0 Å². The minimum Gasteiger partial charge on any atom is -0.308 e. The number of fused-ring (bicyclic) bond motifs is 2. The largest absolute Gasteiger partial charge is 0.308 e. The van der Waals surface area contributed by atoms with Crippen LogP contribution in [0.15, 0.2) is 0 Å². The molecule has 2 aliphatic rings. The average molecular weight is 209 g/mol. The van der Waals surface area contributed by atoms with Gasteiger partial charge >= 0.3 is 0 Å². The van der Waals surface area contributed by atoms with Crippen molar-refractivity contribution in [2.24, 2.45) is 16.7 Å². The number of rotatable bonds is 1. The molecule has 0 heterocycles. The minimum absolute atomic E-state index is 0.245. The molecule has 0 amide bonds. The molecule has 0 radical (unpaired) electrons. The van der Waals surface area contributed by atoms with Crippen molar-refractivity contribution in [2.45, 2.75) is 72.4 Å². The van der Waals surface area contributed by atoms with Crippen LogP contribution >= 0.6 is 0 Å².